The molecule has 5 nitrogen and oxygen atoms in total. The summed E-state index contributed by atoms with van der Waals surface area (Å²) in [6, 6.07) is 16.8. The first kappa shape index (κ1) is 21.2. The third-order valence-electron chi connectivity index (χ3n) is 5.87. The monoisotopic (exact) mass is 434 g/mol. The number of fused-ring (bicyclic) bond motifs is 2. The van der Waals surface area contributed by atoms with Crippen LogP contribution in [0.4, 0.5) is 13.2 Å². The normalized spacial score (nSPS) is 26.5. The van der Waals surface area contributed by atoms with E-state index in [1.54, 1.807) is 13.0 Å². The van der Waals surface area contributed by atoms with Gasteiger partial charge >= 0.3 is 12.1 Å². The van der Waals surface area contributed by atoms with Crippen LogP contribution in [0.2, 0.25) is 0 Å². The minimum absolute atomic E-state index is 0.188. The highest BCUT2D eigenvalue weighted by Gasteiger charge is 2.63. The Hall–Kier alpha value is -3.00. The van der Waals surface area contributed by atoms with Gasteiger partial charge in [-0.25, -0.2) is 4.79 Å². The number of aliphatic hydroxyl groups is 1. The third kappa shape index (κ3) is 3.35. The van der Waals surface area contributed by atoms with Crippen LogP contribution in [0.15, 0.2) is 66.4 Å². The van der Waals surface area contributed by atoms with E-state index in [1.807, 2.05) is 48.5 Å². The number of carbonyl (C=O) groups excluding carboxylic acids is 1. The molecule has 2 aromatic carbocycles. The second kappa shape index (κ2) is 7.30. The first-order valence-electron chi connectivity index (χ1n) is 9.68. The van der Waals surface area contributed by atoms with E-state index < -0.39 is 35.9 Å². The van der Waals surface area contributed by atoms with Crippen molar-refractivity contribution in [2.75, 3.05) is 7.11 Å². The van der Waals surface area contributed by atoms with Crippen LogP contribution in [0.3, 0.4) is 0 Å². The Morgan fingerprint density at radius 3 is 2.42 bits per heavy atom. The topological polar surface area (TPSA) is 65.0 Å². The fourth-order valence-electron chi connectivity index (χ4n) is 4.32. The molecule has 0 aliphatic carbocycles. The highest BCUT2D eigenvalue weighted by atomic mass is 19.4. The van der Waals surface area contributed by atoms with Gasteiger partial charge in [-0.15, -0.1) is 0 Å². The molecule has 0 fully saturated rings. The third-order valence-corrected chi connectivity index (χ3v) is 5.87. The number of carbonyl (C=O) groups is 1. The molecule has 0 radical (unpaired) electrons. The summed E-state index contributed by atoms with van der Waals surface area (Å²) in [5, 5.41) is 10.2. The first-order chi connectivity index (χ1) is 14.6. The second-order valence-electron chi connectivity index (χ2n) is 7.87. The van der Waals surface area contributed by atoms with Gasteiger partial charge in [-0.1, -0.05) is 48.5 Å². The number of rotatable bonds is 4. The summed E-state index contributed by atoms with van der Waals surface area (Å²) >= 11 is 0. The summed E-state index contributed by atoms with van der Waals surface area (Å²) in [5.41, 5.74) is -3.08. The maximum absolute atomic E-state index is 13.6. The lowest BCUT2D eigenvalue weighted by molar-refractivity contribution is -0.263. The van der Waals surface area contributed by atoms with Crippen molar-refractivity contribution in [1.82, 2.24) is 0 Å². The molecule has 0 saturated heterocycles. The van der Waals surface area contributed by atoms with Gasteiger partial charge in [0.2, 0.25) is 0 Å². The summed E-state index contributed by atoms with van der Waals surface area (Å²) in [6.45, 7) is 1.75. The van der Waals surface area contributed by atoms with Gasteiger partial charge in [0.25, 0.3) is 5.60 Å². The van der Waals surface area contributed by atoms with Crippen LogP contribution in [0.1, 0.15) is 30.4 Å². The summed E-state index contributed by atoms with van der Waals surface area (Å²) in [7, 11) is 0.787. The number of esters is 1. The zero-order valence-corrected chi connectivity index (χ0v) is 16.8. The summed E-state index contributed by atoms with van der Waals surface area (Å²) in [4.78, 5) is 11.8. The quantitative estimate of drug-likeness (QED) is 0.734. The van der Waals surface area contributed by atoms with Crippen LogP contribution in [0.25, 0.3) is 0 Å². The maximum Gasteiger partial charge on any atom is 0.428 e. The zero-order valence-electron chi connectivity index (χ0n) is 16.8. The molecule has 0 saturated carbocycles. The van der Waals surface area contributed by atoms with Crippen LogP contribution in [0.5, 0.6) is 5.75 Å². The van der Waals surface area contributed by atoms with E-state index in [2.05, 4.69) is 4.74 Å². The van der Waals surface area contributed by atoms with Gasteiger partial charge in [0.1, 0.15) is 11.5 Å². The van der Waals surface area contributed by atoms with Crippen molar-refractivity contribution in [1.29, 1.82) is 0 Å². The molecule has 2 aromatic rings. The fourth-order valence-corrected chi connectivity index (χ4v) is 4.32. The van der Waals surface area contributed by atoms with Crippen molar-refractivity contribution in [3.05, 3.63) is 77.6 Å². The lowest BCUT2D eigenvalue weighted by atomic mass is 9.74. The van der Waals surface area contributed by atoms with E-state index in [0.29, 0.717) is 5.75 Å². The van der Waals surface area contributed by atoms with Crippen LogP contribution >= 0.6 is 0 Å². The zero-order chi connectivity index (χ0) is 22.4. The Labute approximate surface area is 177 Å². The molecule has 8 heteroatoms. The number of benzene rings is 2. The number of ether oxygens (including phenoxy) is 3. The largest absolute Gasteiger partial charge is 0.487 e. The van der Waals surface area contributed by atoms with Gasteiger partial charge in [-0.3, -0.25) is 0 Å². The van der Waals surface area contributed by atoms with Gasteiger partial charge < -0.3 is 19.3 Å². The Morgan fingerprint density at radius 2 is 1.77 bits per heavy atom. The average molecular weight is 434 g/mol. The summed E-state index contributed by atoms with van der Waals surface area (Å²) in [6.07, 6.45) is -5.69. The van der Waals surface area contributed by atoms with Crippen molar-refractivity contribution in [3.63, 3.8) is 0 Å². The molecular weight excluding hydrogens is 413 g/mol. The predicted octanol–water partition coefficient (Wildman–Crippen LogP) is 4.11. The van der Waals surface area contributed by atoms with Gasteiger partial charge in [-0.2, -0.15) is 13.2 Å². The molecule has 1 N–H and O–H groups in total. The lowest BCUT2D eigenvalue weighted by Crippen LogP contribution is -2.53. The first-order valence-corrected chi connectivity index (χ1v) is 9.68. The molecule has 2 aliphatic heterocycles. The van der Waals surface area contributed by atoms with Gasteiger partial charge in [0.15, 0.2) is 11.7 Å². The molecule has 31 heavy (non-hydrogen) atoms. The molecule has 4 unspecified atom stereocenters. The van der Waals surface area contributed by atoms with Gasteiger partial charge in [-0.05, 0) is 24.6 Å². The number of para-hydroxylation sites is 1. The molecule has 4 rings (SSSR count). The lowest BCUT2D eigenvalue weighted by Gasteiger charge is -2.43. The summed E-state index contributed by atoms with van der Waals surface area (Å²) in [5.74, 6) is -1.74. The minimum atomic E-state index is -5.25. The Bertz CT molecular complexity index is 1020. The standard InChI is InChI=1S/C23H21F3O5/c1-21-18(12-15(31-21)13-22(28,20(27)29-2)23(24,25)26)30-17-11-7-6-10-16(17)19(21)14-8-4-3-5-9-14/h3-12,18-19,28H,13H2,1-2H3. The Balaban J connectivity index is 1.74. The number of hydrogen-bond donors (Lipinski definition) is 1. The van der Waals surface area contributed by atoms with Crippen LogP contribution < -0.4 is 4.74 Å². The molecule has 164 valence electrons. The van der Waals surface area contributed by atoms with Gasteiger partial charge in [0.05, 0.1) is 19.4 Å². The van der Waals surface area contributed by atoms with Crippen LogP contribution in [0, 0.1) is 0 Å². The average Bonchev–Trinajstić information content (AvgIpc) is 3.05. The van der Waals surface area contributed by atoms with Crippen molar-refractivity contribution in [2.45, 2.75) is 42.7 Å². The SMILES string of the molecule is COC(=O)C(O)(CC1=CC2Oc3ccccc3C(c3ccccc3)C2(C)O1)C(F)(F)F. The van der Waals surface area contributed by atoms with E-state index in [9.17, 15) is 23.1 Å². The molecule has 2 heterocycles. The number of alkyl halides is 3. The van der Waals surface area contributed by atoms with Crippen molar-refractivity contribution >= 4 is 5.97 Å². The molecule has 0 amide bonds. The van der Waals surface area contributed by atoms with E-state index in [0.717, 1.165) is 18.2 Å². The van der Waals surface area contributed by atoms with Crippen LogP contribution in [-0.2, 0) is 14.3 Å². The van der Waals surface area contributed by atoms with Crippen molar-refractivity contribution in [3.8, 4) is 5.75 Å². The molecule has 0 bridgehead atoms. The number of hydrogen-bond acceptors (Lipinski definition) is 5. The van der Waals surface area contributed by atoms with Crippen molar-refractivity contribution < 1.29 is 37.3 Å². The van der Waals surface area contributed by atoms with E-state index >= 15 is 0 Å². The fraction of sp³-hybridized carbons (Fsp3) is 0.348. The van der Waals surface area contributed by atoms with Crippen LogP contribution in [-0.4, -0.2) is 41.7 Å². The van der Waals surface area contributed by atoms with E-state index in [-0.39, 0.29) is 11.7 Å². The van der Waals surface area contributed by atoms with Gasteiger partial charge in [0, 0.05) is 5.56 Å². The minimum Gasteiger partial charge on any atom is -0.487 e. The summed E-state index contributed by atoms with van der Waals surface area (Å²) < 4.78 is 57.0. The maximum atomic E-state index is 13.6. The molecular formula is C23H21F3O5. The molecule has 4 atom stereocenters. The molecule has 0 spiro atoms. The Kier molecular flexibility index (Phi) is 5.00. The van der Waals surface area contributed by atoms with E-state index in [1.165, 1.54) is 6.08 Å². The number of methoxy groups -OCH3 is 1. The Morgan fingerprint density at radius 1 is 1.13 bits per heavy atom. The molecule has 0 aromatic heterocycles. The van der Waals surface area contributed by atoms with E-state index in [4.69, 9.17) is 9.47 Å². The predicted molar refractivity (Wildman–Crippen MR) is 104 cm³/mol. The smallest absolute Gasteiger partial charge is 0.428 e. The number of halogens is 3. The molecule has 2 aliphatic rings. The van der Waals surface area contributed by atoms with Crippen molar-refractivity contribution in [2.24, 2.45) is 0 Å². The second-order valence-corrected chi connectivity index (χ2v) is 7.87. The highest BCUT2D eigenvalue weighted by molar-refractivity contribution is 5.80. The highest BCUT2D eigenvalue weighted by Crippen LogP contribution is 2.53.